The molecule has 0 bridgehead atoms. The molecule has 0 saturated heterocycles. The zero-order valence-electron chi connectivity index (χ0n) is 13.9. The van der Waals surface area contributed by atoms with E-state index in [0.717, 1.165) is 15.6 Å². The van der Waals surface area contributed by atoms with Crippen LogP contribution in [0.5, 0.6) is 0 Å². The number of hydrogen-bond acceptors (Lipinski definition) is 2. The van der Waals surface area contributed by atoms with E-state index >= 15 is 0 Å². The molecule has 0 radical (unpaired) electrons. The van der Waals surface area contributed by atoms with Gasteiger partial charge in [-0.05, 0) is 35.4 Å². The predicted molar refractivity (Wildman–Crippen MR) is 107 cm³/mol. The Morgan fingerprint density at radius 2 is 1.77 bits per heavy atom. The van der Waals surface area contributed by atoms with Gasteiger partial charge in [0.1, 0.15) is 5.70 Å². The second kappa shape index (κ2) is 8.45. The summed E-state index contributed by atoms with van der Waals surface area (Å²) in [6.07, 6.45) is 3.29. The fraction of sp³-hybridized carbons (Fsp3) is 0.0476. The van der Waals surface area contributed by atoms with Crippen LogP contribution in [0.15, 0.2) is 88.3 Å². The molecule has 0 saturated carbocycles. The standard InChI is InChI=1S/C21H17BrN2O2/c22-18-10-6-9-17(13-18)14-19(24-12-5-4-11-20(24)25)21(26)23-15-16-7-2-1-3-8-16/h1-14H,15H2,(H,23,26)/b19-14+. The number of carbonyl (C=O) groups is 1. The van der Waals surface area contributed by atoms with E-state index < -0.39 is 0 Å². The van der Waals surface area contributed by atoms with Crippen LogP contribution < -0.4 is 10.9 Å². The topological polar surface area (TPSA) is 51.1 Å². The van der Waals surface area contributed by atoms with Crippen LogP contribution in [-0.4, -0.2) is 10.5 Å². The summed E-state index contributed by atoms with van der Waals surface area (Å²) in [5.41, 5.74) is 1.82. The highest BCUT2D eigenvalue weighted by Crippen LogP contribution is 2.16. The molecular formula is C21H17BrN2O2. The smallest absolute Gasteiger partial charge is 0.268 e. The number of nitrogens with one attached hydrogen (secondary N) is 1. The SMILES string of the molecule is O=C(NCc1ccccc1)/C(=C\c1cccc(Br)c1)n1ccccc1=O. The molecule has 0 atom stereocenters. The van der Waals surface area contributed by atoms with Gasteiger partial charge in [0.15, 0.2) is 0 Å². The van der Waals surface area contributed by atoms with Crippen molar-refractivity contribution in [1.29, 1.82) is 0 Å². The highest BCUT2D eigenvalue weighted by Gasteiger charge is 2.13. The Labute approximate surface area is 159 Å². The molecular weight excluding hydrogens is 392 g/mol. The Balaban J connectivity index is 1.94. The molecule has 0 unspecified atom stereocenters. The van der Waals surface area contributed by atoms with Gasteiger partial charge in [-0.3, -0.25) is 14.2 Å². The minimum Gasteiger partial charge on any atom is -0.347 e. The number of amides is 1. The highest BCUT2D eigenvalue weighted by atomic mass is 79.9. The molecule has 1 amide bonds. The Morgan fingerprint density at radius 3 is 2.50 bits per heavy atom. The molecule has 2 aromatic carbocycles. The molecule has 1 N–H and O–H groups in total. The molecule has 0 aliphatic heterocycles. The fourth-order valence-corrected chi connectivity index (χ4v) is 2.91. The number of halogens is 1. The van der Waals surface area contributed by atoms with Crippen molar-refractivity contribution in [1.82, 2.24) is 9.88 Å². The van der Waals surface area contributed by atoms with Crippen LogP contribution in [0.1, 0.15) is 11.1 Å². The zero-order valence-corrected chi connectivity index (χ0v) is 15.5. The van der Waals surface area contributed by atoms with Gasteiger partial charge in [-0.2, -0.15) is 0 Å². The van der Waals surface area contributed by atoms with Crippen LogP contribution in [0, 0.1) is 0 Å². The van der Waals surface area contributed by atoms with E-state index in [1.165, 1.54) is 10.6 Å². The van der Waals surface area contributed by atoms with Crippen molar-refractivity contribution in [2.75, 3.05) is 0 Å². The Morgan fingerprint density at radius 1 is 1.00 bits per heavy atom. The zero-order chi connectivity index (χ0) is 18.4. The van der Waals surface area contributed by atoms with Crippen molar-refractivity contribution in [2.45, 2.75) is 6.54 Å². The predicted octanol–water partition coefficient (Wildman–Crippen LogP) is 3.93. The number of hydrogen-bond donors (Lipinski definition) is 1. The minimum atomic E-state index is -0.317. The van der Waals surface area contributed by atoms with Crippen LogP contribution in [0.25, 0.3) is 11.8 Å². The van der Waals surface area contributed by atoms with E-state index in [2.05, 4.69) is 21.2 Å². The molecule has 1 aromatic heterocycles. The number of benzene rings is 2. The molecule has 0 aliphatic carbocycles. The fourth-order valence-electron chi connectivity index (χ4n) is 2.49. The number of carbonyl (C=O) groups excluding carboxylic acids is 1. The second-order valence-corrected chi connectivity index (χ2v) is 6.58. The number of nitrogens with zero attached hydrogens (tertiary/aromatic N) is 1. The van der Waals surface area contributed by atoms with Gasteiger partial charge < -0.3 is 5.32 Å². The van der Waals surface area contributed by atoms with Crippen LogP contribution in [-0.2, 0) is 11.3 Å². The minimum absolute atomic E-state index is 0.261. The summed E-state index contributed by atoms with van der Waals surface area (Å²) in [4.78, 5) is 25.0. The normalized spacial score (nSPS) is 11.2. The summed E-state index contributed by atoms with van der Waals surface area (Å²) >= 11 is 3.42. The number of aromatic nitrogens is 1. The first kappa shape index (κ1) is 17.9. The highest BCUT2D eigenvalue weighted by molar-refractivity contribution is 9.10. The van der Waals surface area contributed by atoms with E-state index in [1.54, 1.807) is 24.4 Å². The van der Waals surface area contributed by atoms with E-state index in [9.17, 15) is 9.59 Å². The van der Waals surface area contributed by atoms with Gasteiger partial charge in [0.2, 0.25) is 0 Å². The lowest BCUT2D eigenvalue weighted by molar-refractivity contribution is -0.116. The van der Waals surface area contributed by atoms with Crippen LogP contribution in [0.3, 0.4) is 0 Å². The van der Waals surface area contributed by atoms with E-state index in [0.29, 0.717) is 6.54 Å². The summed E-state index contributed by atoms with van der Waals surface area (Å²) in [5, 5.41) is 2.88. The third-order valence-electron chi connectivity index (χ3n) is 3.76. The molecule has 3 rings (SSSR count). The van der Waals surface area contributed by atoms with Crippen LogP contribution >= 0.6 is 15.9 Å². The van der Waals surface area contributed by atoms with Crippen molar-refractivity contribution in [2.24, 2.45) is 0 Å². The first-order valence-corrected chi connectivity index (χ1v) is 8.90. The number of pyridine rings is 1. The van der Waals surface area contributed by atoms with Gasteiger partial charge in [-0.25, -0.2) is 0 Å². The van der Waals surface area contributed by atoms with E-state index in [-0.39, 0.29) is 17.2 Å². The van der Waals surface area contributed by atoms with E-state index in [4.69, 9.17) is 0 Å². The van der Waals surface area contributed by atoms with Crippen molar-refractivity contribution < 1.29 is 4.79 Å². The van der Waals surface area contributed by atoms with Gasteiger partial charge in [-0.1, -0.05) is 64.5 Å². The summed E-state index contributed by atoms with van der Waals surface area (Å²) in [6, 6.07) is 22.0. The average molecular weight is 409 g/mol. The largest absolute Gasteiger partial charge is 0.347 e. The maximum absolute atomic E-state index is 12.8. The third kappa shape index (κ3) is 4.58. The quantitative estimate of drug-likeness (QED) is 0.650. The summed E-state index contributed by atoms with van der Waals surface area (Å²) in [5.74, 6) is -0.317. The van der Waals surface area contributed by atoms with Gasteiger partial charge in [0.25, 0.3) is 11.5 Å². The molecule has 26 heavy (non-hydrogen) atoms. The molecule has 0 aliphatic rings. The third-order valence-corrected chi connectivity index (χ3v) is 4.26. The van der Waals surface area contributed by atoms with E-state index in [1.807, 2.05) is 54.6 Å². The van der Waals surface area contributed by atoms with Gasteiger partial charge >= 0.3 is 0 Å². The van der Waals surface area contributed by atoms with Crippen molar-refractivity contribution >= 4 is 33.6 Å². The van der Waals surface area contributed by atoms with Gasteiger partial charge in [0.05, 0.1) is 0 Å². The molecule has 0 spiro atoms. The van der Waals surface area contributed by atoms with Gasteiger partial charge in [-0.15, -0.1) is 0 Å². The summed E-state index contributed by atoms with van der Waals surface area (Å²) < 4.78 is 2.25. The van der Waals surface area contributed by atoms with Gasteiger partial charge in [0, 0.05) is 23.3 Å². The first-order chi connectivity index (χ1) is 12.6. The monoisotopic (exact) mass is 408 g/mol. The Bertz CT molecular complexity index is 994. The Hall–Kier alpha value is -2.92. The van der Waals surface area contributed by atoms with Crippen LogP contribution in [0.4, 0.5) is 0 Å². The first-order valence-electron chi connectivity index (χ1n) is 8.11. The summed E-state index contributed by atoms with van der Waals surface area (Å²) in [6.45, 7) is 0.386. The molecule has 3 aromatic rings. The maximum atomic E-state index is 12.8. The lowest BCUT2D eigenvalue weighted by Gasteiger charge is -2.12. The molecule has 0 fully saturated rings. The Kier molecular flexibility index (Phi) is 5.81. The molecule has 5 heteroatoms. The maximum Gasteiger partial charge on any atom is 0.268 e. The van der Waals surface area contributed by atoms with Crippen molar-refractivity contribution in [3.05, 3.63) is 105 Å². The van der Waals surface area contributed by atoms with Crippen LogP contribution in [0.2, 0.25) is 0 Å². The number of rotatable bonds is 5. The lowest BCUT2D eigenvalue weighted by atomic mass is 10.1. The second-order valence-electron chi connectivity index (χ2n) is 5.66. The average Bonchev–Trinajstić information content (AvgIpc) is 2.66. The molecule has 130 valence electrons. The summed E-state index contributed by atoms with van der Waals surface area (Å²) in [7, 11) is 0. The lowest BCUT2D eigenvalue weighted by Crippen LogP contribution is -2.30. The van der Waals surface area contributed by atoms with Crippen molar-refractivity contribution in [3.63, 3.8) is 0 Å². The molecule has 1 heterocycles. The molecule has 4 nitrogen and oxygen atoms in total. The van der Waals surface area contributed by atoms with Crippen molar-refractivity contribution in [3.8, 4) is 0 Å².